The smallest absolute Gasteiger partial charge is 0.422 e. The minimum absolute atomic E-state index is 0.0869. The second kappa shape index (κ2) is 7.27. The molecule has 8 heteroatoms. The lowest BCUT2D eigenvalue weighted by atomic mass is 10.1. The summed E-state index contributed by atoms with van der Waals surface area (Å²) in [6.07, 6.45) is -3.07. The predicted octanol–water partition coefficient (Wildman–Crippen LogP) is 4.05. The number of rotatable bonds is 5. The molecule has 0 radical (unpaired) electrons. The predicted molar refractivity (Wildman–Crippen MR) is 89.6 cm³/mol. The molecule has 5 nitrogen and oxygen atoms in total. The van der Waals surface area contributed by atoms with Crippen molar-refractivity contribution in [2.45, 2.75) is 12.7 Å². The molecule has 0 aliphatic carbocycles. The van der Waals surface area contributed by atoms with Gasteiger partial charge in [-0.05, 0) is 18.2 Å². The molecular formula is C18H13F3N4O. The number of para-hydroxylation sites is 1. The van der Waals surface area contributed by atoms with Gasteiger partial charge in [0.15, 0.2) is 6.61 Å². The maximum absolute atomic E-state index is 12.4. The van der Waals surface area contributed by atoms with Gasteiger partial charge in [0.05, 0.1) is 5.52 Å². The van der Waals surface area contributed by atoms with Crippen LogP contribution in [0.15, 0.2) is 48.7 Å². The van der Waals surface area contributed by atoms with Gasteiger partial charge in [0, 0.05) is 29.4 Å². The molecule has 0 amide bonds. The van der Waals surface area contributed by atoms with Crippen LogP contribution in [0.4, 0.5) is 18.9 Å². The number of halogens is 3. The zero-order chi connectivity index (χ0) is 18.6. The number of hydrogen-bond acceptors (Lipinski definition) is 5. The third-order valence-corrected chi connectivity index (χ3v) is 3.52. The Labute approximate surface area is 147 Å². The fourth-order valence-corrected chi connectivity index (χ4v) is 2.41. The van der Waals surface area contributed by atoms with Crippen molar-refractivity contribution in [2.24, 2.45) is 0 Å². The lowest BCUT2D eigenvalue weighted by Crippen LogP contribution is -2.20. The van der Waals surface area contributed by atoms with E-state index in [1.807, 2.05) is 24.3 Å². The highest BCUT2D eigenvalue weighted by Gasteiger charge is 2.29. The maximum atomic E-state index is 12.4. The molecule has 0 saturated carbocycles. The van der Waals surface area contributed by atoms with Crippen LogP contribution in [-0.4, -0.2) is 22.8 Å². The average molecular weight is 358 g/mol. The molecule has 0 saturated heterocycles. The molecule has 1 N–H and O–H groups in total. The molecular weight excluding hydrogens is 345 g/mol. The van der Waals surface area contributed by atoms with E-state index in [2.05, 4.69) is 15.3 Å². The Hall–Kier alpha value is -3.34. The summed E-state index contributed by atoms with van der Waals surface area (Å²) in [6.45, 7) is -1.23. The third-order valence-electron chi connectivity index (χ3n) is 3.52. The molecule has 1 aromatic carbocycles. The van der Waals surface area contributed by atoms with E-state index in [4.69, 9.17) is 10.00 Å². The first-order valence-electron chi connectivity index (χ1n) is 7.63. The molecule has 0 unspecified atom stereocenters. The molecule has 0 spiro atoms. The van der Waals surface area contributed by atoms with E-state index >= 15 is 0 Å². The number of aromatic nitrogens is 2. The van der Waals surface area contributed by atoms with Crippen molar-refractivity contribution in [1.29, 1.82) is 5.26 Å². The van der Waals surface area contributed by atoms with Crippen LogP contribution in [0.5, 0.6) is 5.88 Å². The van der Waals surface area contributed by atoms with Gasteiger partial charge < -0.3 is 10.1 Å². The van der Waals surface area contributed by atoms with Crippen LogP contribution in [0, 0.1) is 11.3 Å². The summed E-state index contributed by atoms with van der Waals surface area (Å²) in [5, 5.41) is 13.0. The number of alkyl halides is 3. The Kier molecular flexibility index (Phi) is 4.89. The van der Waals surface area contributed by atoms with Gasteiger partial charge in [-0.2, -0.15) is 18.4 Å². The van der Waals surface area contributed by atoms with Crippen LogP contribution >= 0.6 is 0 Å². The van der Waals surface area contributed by atoms with Crippen LogP contribution in [0.25, 0.3) is 10.9 Å². The highest BCUT2D eigenvalue weighted by Crippen LogP contribution is 2.25. The third kappa shape index (κ3) is 4.19. The number of hydrogen-bond donors (Lipinski definition) is 1. The van der Waals surface area contributed by atoms with Crippen LogP contribution in [0.1, 0.15) is 11.3 Å². The van der Waals surface area contributed by atoms with Crippen molar-refractivity contribution in [2.75, 3.05) is 11.9 Å². The highest BCUT2D eigenvalue weighted by atomic mass is 19.4. The summed E-state index contributed by atoms with van der Waals surface area (Å²) < 4.78 is 41.9. The number of nitriles is 1. The van der Waals surface area contributed by atoms with Crippen LogP contribution in [0.2, 0.25) is 0 Å². The van der Waals surface area contributed by atoms with Gasteiger partial charge in [0.1, 0.15) is 11.8 Å². The zero-order valence-corrected chi connectivity index (χ0v) is 13.4. The molecule has 0 aliphatic rings. The lowest BCUT2D eigenvalue weighted by molar-refractivity contribution is -0.154. The van der Waals surface area contributed by atoms with E-state index in [0.29, 0.717) is 16.8 Å². The van der Waals surface area contributed by atoms with Crippen molar-refractivity contribution >= 4 is 16.6 Å². The molecule has 0 bridgehead atoms. The summed E-state index contributed by atoms with van der Waals surface area (Å²) in [5.74, 6) is -0.0869. The Morgan fingerprint density at radius 3 is 2.73 bits per heavy atom. The molecule has 3 rings (SSSR count). The number of fused-ring (bicyclic) bond motifs is 1. The normalized spacial score (nSPS) is 11.2. The van der Waals surface area contributed by atoms with Crippen LogP contribution in [0.3, 0.4) is 0 Å². The maximum Gasteiger partial charge on any atom is 0.422 e. The summed E-state index contributed by atoms with van der Waals surface area (Å²) >= 11 is 0. The van der Waals surface area contributed by atoms with E-state index in [0.717, 1.165) is 5.39 Å². The molecule has 26 heavy (non-hydrogen) atoms. The molecule has 0 aliphatic heterocycles. The van der Waals surface area contributed by atoms with Crippen molar-refractivity contribution in [1.82, 2.24) is 9.97 Å². The summed E-state index contributed by atoms with van der Waals surface area (Å²) in [5.41, 5.74) is 2.01. The van der Waals surface area contributed by atoms with Crippen molar-refractivity contribution in [3.05, 3.63) is 59.9 Å². The summed E-state index contributed by atoms with van der Waals surface area (Å²) in [6, 6.07) is 14.1. The van der Waals surface area contributed by atoms with Gasteiger partial charge in [-0.1, -0.05) is 24.3 Å². The Morgan fingerprint density at radius 2 is 1.96 bits per heavy atom. The van der Waals surface area contributed by atoms with E-state index in [-0.39, 0.29) is 18.1 Å². The largest absolute Gasteiger partial charge is 0.468 e. The first-order chi connectivity index (χ1) is 12.5. The van der Waals surface area contributed by atoms with Crippen LogP contribution < -0.4 is 10.1 Å². The first-order valence-corrected chi connectivity index (χ1v) is 7.63. The van der Waals surface area contributed by atoms with Crippen LogP contribution in [-0.2, 0) is 6.54 Å². The zero-order valence-electron chi connectivity index (χ0n) is 13.4. The van der Waals surface area contributed by atoms with Crippen molar-refractivity contribution < 1.29 is 17.9 Å². The second-order valence-corrected chi connectivity index (χ2v) is 5.41. The number of nitrogens with zero attached hydrogens (tertiary/aromatic N) is 3. The number of pyridine rings is 2. The number of benzene rings is 1. The molecule has 132 valence electrons. The van der Waals surface area contributed by atoms with E-state index < -0.39 is 12.8 Å². The van der Waals surface area contributed by atoms with Gasteiger partial charge in [0.2, 0.25) is 5.88 Å². The lowest BCUT2D eigenvalue weighted by Gasteiger charge is -2.14. The Bertz CT molecular complexity index is 967. The molecule has 2 heterocycles. The monoisotopic (exact) mass is 358 g/mol. The fraction of sp³-hybridized carbons (Fsp3) is 0.167. The van der Waals surface area contributed by atoms with Gasteiger partial charge in [-0.15, -0.1) is 0 Å². The molecule has 0 fully saturated rings. The Morgan fingerprint density at radius 1 is 1.15 bits per heavy atom. The first kappa shape index (κ1) is 17.5. The van der Waals surface area contributed by atoms with Gasteiger partial charge >= 0.3 is 6.18 Å². The topological polar surface area (TPSA) is 70.8 Å². The number of nitrogens with one attached hydrogen (secondary N) is 1. The standard InChI is InChI=1S/C18H13F3N4O/c19-18(20,21)11-26-17-12(4-3-7-23-17)10-24-16-8-13(9-22)25-15-6-2-1-5-14(15)16/h1-8H,10-11H2,(H,24,25). The molecule has 3 aromatic rings. The van der Waals surface area contributed by atoms with Gasteiger partial charge in [-0.25, -0.2) is 9.97 Å². The Balaban J connectivity index is 1.84. The van der Waals surface area contributed by atoms with E-state index in [9.17, 15) is 13.2 Å². The minimum atomic E-state index is -4.44. The summed E-state index contributed by atoms with van der Waals surface area (Å²) in [7, 11) is 0. The summed E-state index contributed by atoms with van der Waals surface area (Å²) in [4.78, 5) is 8.08. The van der Waals surface area contributed by atoms with Crippen molar-refractivity contribution in [3.8, 4) is 11.9 Å². The SMILES string of the molecule is N#Cc1cc(NCc2cccnc2OCC(F)(F)F)c2ccccc2n1. The number of anilines is 1. The van der Waals surface area contributed by atoms with E-state index in [1.165, 1.54) is 6.20 Å². The van der Waals surface area contributed by atoms with Gasteiger partial charge in [0.25, 0.3) is 0 Å². The van der Waals surface area contributed by atoms with Gasteiger partial charge in [-0.3, -0.25) is 0 Å². The quantitative estimate of drug-likeness (QED) is 0.745. The van der Waals surface area contributed by atoms with E-state index in [1.54, 1.807) is 24.3 Å². The van der Waals surface area contributed by atoms with Crippen molar-refractivity contribution in [3.63, 3.8) is 0 Å². The number of ether oxygens (including phenoxy) is 1. The minimum Gasteiger partial charge on any atom is -0.468 e. The molecule has 0 atom stereocenters. The highest BCUT2D eigenvalue weighted by molar-refractivity contribution is 5.91. The second-order valence-electron chi connectivity index (χ2n) is 5.41. The fourth-order valence-electron chi connectivity index (χ4n) is 2.41. The average Bonchev–Trinajstić information content (AvgIpc) is 2.64. The molecule has 2 aromatic heterocycles.